The Hall–Kier alpha value is -3.87. The summed E-state index contributed by atoms with van der Waals surface area (Å²) in [5.74, 6) is -0.763. The number of anilines is 1. The molecule has 1 aliphatic heterocycles. The number of benzene rings is 1. The summed E-state index contributed by atoms with van der Waals surface area (Å²) in [4.78, 5) is 32.0. The summed E-state index contributed by atoms with van der Waals surface area (Å²) in [5, 5.41) is 0. The molecule has 0 amide bonds. The predicted octanol–water partition coefficient (Wildman–Crippen LogP) is 2.61. The van der Waals surface area contributed by atoms with Gasteiger partial charge in [-0.05, 0) is 25.1 Å². The van der Waals surface area contributed by atoms with E-state index >= 15 is 4.39 Å². The van der Waals surface area contributed by atoms with Crippen molar-refractivity contribution in [1.29, 1.82) is 0 Å². The van der Waals surface area contributed by atoms with E-state index < -0.39 is 29.2 Å². The van der Waals surface area contributed by atoms with E-state index in [1.807, 2.05) is 0 Å². The van der Waals surface area contributed by atoms with Gasteiger partial charge in [0.1, 0.15) is 29.0 Å². The Morgan fingerprint density at radius 3 is 2.64 bits per heavy atom. The molecule has 13 heteroatoms. The molecule has 0 unspecified atom stereocenters. The molecular formula is C23H23F4N7O2. The van der Waals surface area contributed by atoms with E-state index in [-0.39, 0.29) is 41.4 Å². The molecule has 0 spiro atoms. The van der Waals surface area contributed by atoms with Gasteiger partial charge in [0.25, 0.3) is 5.56 Å². The molecule has 2 N–H and O–H groups in total. The van der Waals surface area contributed by atoms with Crippen LogP contribution in [0.25, 0.3) is 22.3 Å². The zero-order chi connectivity index (χ0) is 26.2. The molecule has 3 heterocycles. The first kappa shape index (κ1) is 25.2. The second kappa shape index (κ2) is 9.64. The number of hydrogen-bond acceptors (Lipinski definition) is 8. The number of hydrogen-bond donors (Lipinski definition) is 1. The van der Waals surface area contributed by atoms with E-state index in [4.69, 9.17) is 10.5 Å². The molecule has 190 valence electrons. The quantitative estimate of drug-likeness (QED) is 0.429. The van der Waals surface area contributed by atoms with Gasteiger partial charge in [0.2, 0.25) is 5.95 Å². The molecule has 0 saturated carbocycles. The molecule has 0 aliphatic carbocycles. The van der Waals surface area contributed by atoms with Crippen molar-refractivity contribution in [2.45, 2.75) is 19.2 Å². The highest BCUT2D eigenvalue weighted by Crippen LogP contribution is 2.34. The van der Waals surface area contributed by atoms with Crippen LogP contribution >= 0.6 is 0 Å². The lowest BCUT2D eigenvalue weighted by atomic mass is 10.1. The zero-order valence-electron chi connectivity index (χ0n) is 19.7. The number of alkyl halides is 3. The predicted molar refractivity (Wildman–Crippen MR) is 126 cm³/mol. The van der Waals surface area contributed by atoms with Gasteiger partial charge in [-0.1, -0.05) is 0 Å². The minimum Gasteiger partial charge on any atom is -0.404 e. The Kier molecular flexibility index (Phi) is 6.76. The largest absolute Gasteiger partial charge is 0.416 e. The van der Waals surface area contributed by atoms with E-state index in [1.54, 1.807) is 25.1 Å². The van der Waals surface area contributed by atoms with Gasteiger partial charge >= 0.3 is 6.18 Å². The third-order valence-electron chi connectivity index (χ3n) is 5.88. The highest BCUT2D eigenvalue weighted by Gasteiger charge is 2.32. The fraction of sp³-hybridized carbons (Fsp3) is 0.348. The van der Waals surface area contributed by atoms with Gasteiger partial charge in [-0.3, -0.25) is 14.4 Å². The first-order chi connectivity index (χ1) is 17.0. The van der Waals surface area contributed by atoms with Gasteiger partial charge in [0.05, 0.1) is 18.7 Å². The number of ether oxygens (including phenoxy) is 1. The number of aromatic nitrogens is 4. The molecular weight excluding hydrogens is 482 g/mol. The van der Waals surface area contributed by atoms with Gasteiger partial charge in [0, 0.05) is 44.2 Å². The van der Waals surface area contributed by atoms with Crippen molar-refractivity contribution in [3.8, 4) is 11.3 Å². The number of nitrogens with two attached hydrogens (primary N) is 1. The van der Waals surface area contributed by atoms with E-state index in [2.05, 4.69) is 19.9 Å². The molecule has 2 aromatic heterocycles. The van der Waals surface area contributed by atoms with E-state index in [0.29, 0.717) is 24.0 Å². The number of morpholine rings is 1. The highest BCUT2D eigenvalue weighted by molar-refractivity contribution is 5.90. The van der Waals surface area contributed by atoms with Crippen LogP contribution in [0.15, 0.2) is 39.8 Å². The van der Waals surface area contributed by atoms with E-state index in [0.717, 1.165) is 12.1 Å². The number of rotatable bonds is 4. The number of aryl methyl sites for hydroxylation is 1. The van der Waals surface area contributed by atoms with Crippen LogP contribution < -0.4 is 16.2 Å². The minimum atomic E-state index is -4.72. The molecule has 0 radical (unpaired) electrons. The van der Waals surface area contributed by atoms with Crippen LogP contribution in [0.2, 0.25) is 0 Å². The summed E-state index contributed by atoms with van der Waals surface area (Å²) in [6.07, 6.45) is -2.27. The Balaban J connectivity index is 1.90. The topological polar surface area (TPSA) is 112 Å². The Morgan fingerprint density at radius 2 is 2.00 bits per heavy atom. The van der Waals surface area contributed by atoms with Crippen molar-refractivity contribution in [2.24, 2.45) is 17.8 Å². The van der Waals surface area contributed by atoms with Crippen molar-refractivity contribution in [1.82, 2.24) is 19.5 Å². The maximum atomic E-state index is 15.0. The van der Waals surface area contributed by atoms with Crippen molar-refractivity contribution in [3.05, 3.63) is 57.5 Å². The second-order valence-electron chi connectivity index (χ2n) is 8.14. The Bertz CT molecular complexity index is 1430. The first-order valence-corrected chi connectivity index (χ1v) is 10.9. The van der Waals surface area contributed by atoms with Crippen LogP contribution in [-0.2, 0) is 18.0 Å². The normalized spacial score (nSPS) is 17.4. The SMILES string of the molecule is CN=C/C(=C\N)[C@@H]1CN(c2nc(-c3ccc(C(F)(F)F)cc3F)c3nc(C)n(C)c(=O)c3n2)CCO1. The molecule has 0 bridgehead atoms. The molecule has 1 fully saturated rings. The lowest BCUT2D eigenvalue weighted by molar-refractivity contribution is -0.137. The molecule has 1 aliphatic rings. The van der Waals surface area contributed by atoms with Crippen LogP contribution in [0.5, 0.6) is 0 Å². The van der Waals surface area contributed by atoms with E-state index in [1.165, 1.54) is 17.8 Å². The summed E-state index contributed by atoms with van der Waals surface area (Å²) in [7, 11) is 3.10. The van der Waals surface area contributed by atoms with Gasteiger partial charge in [-0.2, -0.15) is 13.2 Å². The van der Waals surface area contributed by atoms with Gasteiger partial charge in [0.15, 0.2) is 5.52 Å². The van der Waals surface area contributed by atoms with Gasteiger partial charge in [-0.25, -0.2) is 19.3 Å². The minimum absolute atomic E-state index is 0.0107. The zero-order valence-corrected chi connectivity index (χ0v) is 19.7. The average molecular weight is 505 g/mol. The van der Waals surface area contributed by atoms with Crippen LogP contribution in [0, 0.1) is 12.7 Å². The summed E-state index contributed by atoms with van der Waals surface area (Å²) >= 11 is 0. The van der Waals surface area contributed by atoms with Crippen molar-refractivity contribution < 1.29 is 22.3 Å². The molecule has 1 saturated heterocycles. The monoisotopic (exact) mass is 505 g/mol. The standard InChI is InChI=1S/C23H23F4N7O2/c1-12-30-19-18(15-5-4-14(8-16(15)24)23(25,26)27)31-22(32-20(19)21(35)33(12)3)34-6-7-36-17(11-34)13(9-28)10-29-2/h4-5,8-10,17H,6-7,11,28H2,1-3H3/b13-9+,29-10?/t17-/m0/s1. The highest BCUT2D eigenvalue weighted by atomic mass is 19.4. The smallest absolute Gasteiger partial charge is 0.404 e. The number of halogens is 4. The number of aliphatic imine (C=N–C) groups is 1. The molecule has 1 aromatic carbocycles. The summed E-state index contributed by atoms with van der Waals surface area (Å²) in [5.41, 5.74) is 4.26. The maximum Gasteiger partial charge on any atom is 0.416 e. The second-order valence-corrected chi connectivity index (χ2v) is 8.14. The summed E-state index contributed by atoms with van der Waals surface area (Å²) < 4.78 is 61.4. The fourth-order valence-corrected chi connectivity index (χ4v) is 3.87. The van der Waals surface area contributed by atoms with Crippen LogP contribution in [-0.4, -0.2) is 58.6 Å². The molecule has 9 nitrogen and oxygen atoms in total. The third-order valence-corrected chi connectivity index (χ3v) is 5.88. The number of nitrogens with zero attached hydrogens (tertiary/aromatic N) is 6. The van der Waals surface area contributed by atoms with Crippen LogP contribution in [0.3, 0.4) is 0 Å². The number of fused-ring (bicyclic) bond motifs is 1. The summed E-state index contributed by atoms with van der Waals surface area (Å²) in [6.45, 7) is 2.44. The molecule has 1 atom stereocenters. The lowest BCUT2D eigenvalue weighted by Crippen LogP contribution is -2.44. The fourth-order valence-electron chi connectivity index (χ4n) is 3.87. The van der Waals surface area contributed by atoms with Crippen LogP contribution in [0.1, 0.15) is 11.4 Å². The molecule has 4 rings (SSSR count). The summed E-state index contributed by atoms with van der Waals surface area (Å²) in [6, 6.07) is 2.13. The van der Waals surface area contributed by atoms with Gasteiger partial charge < -0.3 is 15.4 Å². The Morgan fingerprint density at radius 1 is 1.25 bits per heavy atom. The lowest BCUT2D eigenvalue weighted by Gasteiger charge is -2.33. The third kappa shape index (κ3) is 4.65. The average Bonchev–Trinajstić information content (AvgIpc) is 2.85. The van der Waals surface area contributed by atoms with E-state index in [9.17, 15) is 18.0 Å². The first-order valence-electron chi connectivity index (χ1n) is 10.9. The molecule has 36 heavy (non-hydrogen) atoms. The van der Waals surface area contributed by atoms with Crippen LogP contribution in [0.4, 0.5) is 23.5 Å². The van der Waals surface area contributed by atoms with Crippen molar-refractivity contribution >= 4 is 23.2 Å². The van der Waals surface area contributed by atoms with Crippen molar-refractivity contribution in [3.63, 3.8) is 0 Å². The van der Waals surface area contributed by atoms with Gasteiger partial charge in [-0.15, -0.1) is 0 Å². The Labute approximate surface area is 203 Å². The molecule has 3 aromatic rings. The van der Waals surface area contributed by atoms with Crippen molar-refractivity contribution in [2.75, 3.05) is 31.6 Å². The maximum absolute atomic E-state index is 15.0.